The van der Waals surface area contributed by atoms with Gasteiger partial charge in [-0.1, -0.05) is 19.1 Å². The summed E-state index contributed by atoms with van der Waals surface area (Å²) in [5, 5.41) is 7.09. The third-order valence-corrected chi connectivity index (χ3v) is 5.56. The van der Waals surface area contributed by atoms with Gasteiger partial charge in [-0.3, -0.25) is 9.89 Å². The van der Waals surface area contributed by atoms with E-state index in [1.54, 1.807) is 7.11 Å². The minimum Gasteiger partial charge on any atom is -0.497 e. The van der Waals surface area contributed by atoms with Crippen molar-refractivity contribution < 1.29 is 4.74 Å². The van der Waals surface area contributed by atoms with Crippen molar-refractivity contribution in [3.05, 3.63) is 29.8 Å². The second kappa shape index (κ2) is 12.6. The summed E-state index contributed by atoms with van der Waals surface area (Å²) >= 11 is 0. The van der Waals surface area contributed by atoms with Crippen LogP contribution < -0.4 is 15.4 Å². The maximum Gasteiger partial charge on any atom is 0.191 e. The van der Waals surface area contributed by atoms with Gasteiger partial charge in [-0.05, 0) is 58.5 Å². The number of likely N-dealkylation sites (tertiary alicyclic amines) is 1. The minimum absolute atomic E-state index is 0. The van der Waals surface area contributed by atoms with E-state index < -0.39 is 0 Å². The number of rotatable bonds is 8. The fourth-order valence-corrected chi connectivity index (χ4v) is 3.70. The zero-order chi connectivity index (χ0) is 20.7. The summed E-state index contributed by atoms with van der Waals surface area (Å²) < 4.78 is 5.40. The summed E-state index contributed by atoms with van der Waals surface area (Å²) in [6.45, 7) is 12.7. The van der Waals surface area contributed by atoms with Gasteiger partial charge >= 0.3 is 0 Å². The van der Waals surface area contributed by atoms with Crippen LogP contribution in [0.3, 0.4) is 0 Å². The van der Waals surface area contributed by atoms with E-state index in [9.17, 15) is 0 Å². The summed E-state index contributed by atoms with van der Waals surface area (Å²) in [6.07, 6.45) is 0. The Kier molecular flexibility index (Phi) is 11.3. The molecule has 0 spiro atoms. The number of ether oxygens (including phenoxy) is 1. The molecule has 29 heavy (non-hydrogen) atoms. The fraction of sp³-hybridized carbons (Fsp3) is 0.682. The van der Waals surface area contributed by atoms with Crippen molar-refractivity contribution in [1.29, 1.82) is 0 Å². The number of halogens is 1. The molecule has 1 aromatic carbocycles. The highest BCUT2D eigenvalue weighted by atomic mass is 127. The third-order valence-electron chi connectivity index (χ3n) is 5.56. The minimum atomic E-state index is 0. The van der Waals surface area contributed by atoms with Crippen molar-refractivity contribution in [2.24, 2.45) is 10.9 Å². The lowest BCUT2D eigenvalue weighted by Gasteiger charge is -2.25. The lowest BCUT2D eigenvalue weighted by molar-refractivity contribution is 0.265. The Morgan fingerprint density at radius 1 is 1.31 bits per heavy atom. The number of nitrogens with zero attached hydrogens (tertiary/aromatic N) is 3. The van der Waals surface area contributed by atoms with E-state index in [1.807, 2.05) is 12.1 Å². The van der Waals surface area contributed by atoms with Crippen molar-refractivity contribution in [2.75, 3.05) is 47.4 Å². The van der Waals surface area contributed by atoms with Gasteiger partial charge in [0.05, 0.1) is 19.7 Å². The Bertz CT molecular complexity index is 637. The molecule has 1 heterocycles. The number of guanidine groups is 1. The van der Waals surface area contributed by atoms with Crippen LogP contribution >= 0.6 is 24.0 Å². The molecule has 0 aliphatic carbocycles. The smallest absolute Gasteiger partial charge is 0.191 e. The topological polar surface area (TPSA) is 52.1 Å². The number of benzene rings is 1. The van der Waals surface area contributed by atoms with Crippen LogP contribution in [0.5, 0.6) is 5.75 Å². The molecule has 2 rings (SSSR count). The van der Waals surface area contributed by atoms with Gasteiger partial charge in [-0.2, -0.15) is 0 Å². The van der Waals surface area contributed by atoms with Gasteiger partial charge in [0.1, 0.15) is 5.75 Å². The monoisotopic (exact) mass is 517 g/mol. The van der Waals surface area contributed by atoms with Crippen LogP contribution in [0.2, 0.25) is 0 Å². The molecule has 1 aromatic rings. The first kappa shape index (κ1) is 26.0. The van der Waals surface area contributed by atoms with Crippen LogP contribution in [0.1, 0.15) is 39.3 Å². The van der Waals surface area contributed by atoms with E-state index in [4.69, 9.17) is 9.73 Å². The first-order chi connectivity index (χ1) is 13.3. The maximum absolute atomic E-state index is 5.40. The Morgan fingerprint density at radius 2 is 2.03 bits per heavy atom. The van der Waals surface area contributed by atoms with E-state index in [0.29, 0.717) is 24.5 Å². The molecule has 0 bridgehead atoms. The molecule has 3 unspecified atom stereocenters. The molecule has 1 fully saturated rings. The van der Waals surface area contributed by atoms with Gasteiger partial charge in [0.25, 0.3) is 0 Å². The second-order valence-corrected chi connectivity index (χ2v) is 8.25. The molecule has 166 valence electrons. The van der Waals surface area contributed by atoms with Gasteiger partial charge in [-0.15, -0.1) is 24.0 Å². The molecule has 1 aliphatic heterocycles. The summed E-state index contributed by atoms with van der Waals surface area (Å²) in [7, 11) is 5.90. The highest BCUT2D eigenvalue weighted by Gasteiger charge is 2.31. The molecule has 0 amide bonds. The van der Waals surface area contributed by atoms with E-state index in [2.05, 4.69) is 74.4 Å². The standard InChI is InChI=1S/C22H39N5O.HI/c1-8-23-22(25-20-15-27(16(2)3)14-17(20)4)24-13-21(26(5)6)18-10-9-11-19(12-18)28-7;/h9-12,16-17,20-21H,8,13-15H2,1-7H3,(H2,23,24,25);1H. The molecule has 3 atom stereocenters. The van der Waals surface area contributed by atoms with Crippen LogP contribution in [-0.2, 0) is 0 Å². The Morgan fingerprint density at radius 3 is 2.59 bits per heavy atom. The zero-order valence-electron chi connectivity index (χ0n) is 19.1. The molecular weight excluding hydrogens is 477 g/mol. The zero-order valence-corrected chi connectivity index (χ0v) is 21.4. The van der Waals surface area contributed by atoms with Crippen LogP contribution in [0.4, 0.5) is 0 Å². The molecule has 2 N–H and O–H groups in total. The number of hydrogen-bond donors (Lipinski definition) is 2. The van der Waals surface area contributed by atoms with Gasteiger partial charge < -0.3 is 20.3 Å². The van der Waals surface area contributed by atoms with Gasteiger partial charge in [-0.25, -0.2) is 0 Å². The Balaban J connectivity index is 0.00000420. The van der Waals surface area contributed by atoms with Crippen LogP contribution in [0.25, 0.3) is 0 Å². The average molecular weight is 518 g/mol. The summed E-state index contributed by atoms with van der Waals surface area (Å²) in [4.78, 5) is 9.67. The summed E-state index contributed by atoms with van der Waals surface area (Å²) in [6, 6.07) is 9.46. The summed E-state index contributed by atoms with van der Waals surface area (Å²) in [5.41, 5.74) is 1.21. The van der Waals surface area contributed by atoms with E-state index in [-0.39, 0.29) is 30.0 Å². The maximum atomic E-state index is 5.40. The number of likely N-dealkylation sites (N-methyl/N-ethyl adjacent to an activating group) is 1. The van der Waals surface area contributed by atoms with Crippen LogP contribution in [-0.4, -0.2) is 75.2 Å². The average Bonchev–Trinajstić information content (AvgIpc) is 3.03. The van der Waals surface area contributed by atoms with E-state index in [1.165, 1.54) is 5.56 Å². The van der Waals surface area contributed by atoms with E-state index >= 15 is 0 Å². The number of nitrogens with one attached hydrogen (secondary N) is 2. The number of aliphatic imine (C=N–C) groups is 1. The lowest BCUT2D eigenvalue weighted by atomic mass is 10.1. The van der Waals surface area contributed by atoms with Crippen molar-refractivity contribution in [2.45, 2.75) is 45.8 Å². The quantitative estimate of drug-likeness (QED) is 0.315. The molecule has 0 radical (unpaired) electrons. The molecule has 6 nitrogen and oxygen atoms in total. The van der Waals surface area contributed by atoms with Crippen molar-refractivity contribution in [3.63, 3.8) is 0 Å². The van der Waals surface area contributed by atoms with Gasteiger partial charge in [0.2, 0.25) is 0 Å². The second-order valence-electron chi connectivity index (χ2n) is 8.25. The number of hydrogen-bond acceptors (Lipinski definition) is 4. The lowest BCUT2D eigenvalue weighted by Crippen LogP contribution is -2.47. The Hall–Kier alpha value is -1.06. The van der Waals surface area contributed by atoms with Crippen molar-refractivity contribution in [1.82, 2.24) is 20.4 Å². The molecule has 1 aliphatic rings. The highest BCUT2D eigenvalue weighted by molar-refractivity contribution is 14.0. The molecule has 0 aromatic heterocycles. The Labute approximate surface area is 194 Å². The molecular formula is C22H40IN5O. The largest absolute Gasteiger partial charge is 0.497 e. The third kappa shape index (κ3) is 7.61. The van der Waals surface area contributed by atoms with Crippen LogP contribution in [0, 0.1) is 5.92 Å². The molecule has 0 saturated carbocycles. The first-order valence-electron chi connectivity index (χ1n) is 10.4. The SMILES string of the molecule is CCNC(=NCC(c1cccc(OC)c1)N(C)C)NC1CN(C(C)C)CC1C.I. The summed E-state index contributed by atoms with van der Waals surface area (Å²) in [5.74, 6) is 2.39. The fourth-order valence-electron chi connectivity index (χ4n) is 3.70. The molecule has 1 saturated heterocycles. The van der Waals surface area contributed by atoms with Gasteiger partial charge in [0, 0.05) is 31.7 Å². The predicted molar refractivity (Wildman–Crippen MR) is 134 cm³/mol. The predicted octanol–water partition coefficient (Wildman–Crippen LogP) is 3.20. The van der Waals surface area contributed by atoms with Gasteiger partial charge in [0.15, 0.2) is 5.96 Å². The first-order valence-corrected chi connectivity index (χ1v) is 10.4. The normalized spacial score (nSPS) is 21.2. The van der Waals surface area contributed by atoms with Crippen molar-refractivity contribution in [3.8, 4) is 5.75 Å². The highest BCUT2D eigenvalue weighted by Crippen LogP contribution is 2.23. The molecule has 7 heteroatoms. The van der Waals surface area contributed by atoms with Crippen molar-refractivity contribution >= 4 is 29.9 Å². The van der Waals surface area contributed by atoms with E-state index in [0.717, 1.165) is 31.3 Å². The number of methoxy groups -OCH3 is 1. The van der Waals surface area contributed by atoms with Crippen LogP contribution in [0.15, 0.2) is 29.3 Å².